The van der Waals surface area contributed by atoms with Crippen molar-refractivity contribution in [3.8, 4) is 5.69 Å². The van der Waals surface area contributed by atoms with E-state index >= 15 is 0 Å². The maximum Gasteiger partial charge on any atom is 0.332 e. The SMILES string of the molecule is Cc1cc(CNC(=O)N(S)c2cccc(Cl)c2Cl)n(-c2ccc(Cl)cc2)n1. The molecule has 0 saturated carbocycles. The third kappa shape index (κ3) is 4.52. The molecule has 0 unspecified atom stereocenters. The molecule has 0 aliphatic heterocycles. The third-order valence-corrected chi connectivity index (χ3v) is 5.21. The molecule has 5 nitrogen and oxygen atoms in total. The first-order valence-electron chi connectivity index (χ1n) is 7.89. The molecule has 27 heavy (non-hydrogen) atoms. The van der Waals surface area contributed by atoms with Crippen LogP contribution in [-0.2, 0) is 6.54 Å². The van der Waals surface area contributed by atoms with Gasteiger partial charge < -0.3 is 5.32 Å². The van der Waals surface area contributed by atoms with Gasteiger partial charge in [-0.3, -0.25) is 0 Å². The summed E-state index contributed by atoms with van der Waals surface area (Å²) in [6, 6.07) is 13.7. The van der Waals surface area contributed by atoms with Gasteiger partial charge in [0.25, 0.3) is 0 Å². The molecule has 0 aliphatic carbocycles. The van der Waals surface area contributed by atoms with Gasteiger partial charge in [0.05, 0.1) is 39.4 Å². The normalized spacial score (nSPS) is 10.7. The molecule has 140 valence electrons. The van der Waals surface area contributed by atoms with E-state index in [0.29, 0.717) is 15.7 Å². The molecule has 3 aromatic rings. The van der Waals surface area contributed by atoms with Crippen LogP contribution in [0, 0.1) is 6.92 Å². The highest BCUT2D eigenvalue weighted by Gasteiger charge is 2.17. The van der Waals surface area contributed by atoms with E-state index in [9.17, 15) is 4.79 Å². The number of aryl methyl sites for hydroxylation is 1. The van der Waals surface area contributed by atoms with E-state index in [1.807, 2.05) is 25.1 Å². The van der Waals surface area contributed by atoms with Gasteiger partial charge in [-0.1, -0.05) is 53.7 Å². The first kappa shape index (κ1) is 19.9. The molecule has 0 fully saturated rings. The predicted molar refractivity (Wildman–Crippen MR) is 113 cm³/mol. The largest absolute Gasteiger partial charge is 0.332 e. The van der Waals surface area contributed by atoms with E-state index in [4.69, 9.17) is 34.8 Å². The van der Waals surface area contributed by atoms with Gasteiger partial charge in [0.2, 0.25) is 0 Å². The topological polar surface area (TPSA) is 50.2 Å². The number of nitrogens with zero attached hydrogens (tertiary/aromatic N) is 3. The minimum absolute atomic E-state index is 0.248. The van der Waals surface area contributed by atoms with E-state index < -0.39 is 6.03 Å². The Morgan fingerprint density at radius 1 is 1.19 bits per heavy atom. The number of anilines is 1. The van der Waals surface area contributed by atoms with Crippen LogP contribution in [0.4, 0.5) is 10.5 Å². The average molecular weight is 442 g/mol. The van der Waals surface area contributed by atoms with E-state index in [1.165, 1.54) is 0 Å². The number of amides is 2. The summed E-state index contributed by atoms with van der Waals surface area (Å²) in [6.07, 6.45) is 0. The van der Waals surface area contributed by atoms with E-state index in [1.54, 1.807) is 35.0 Å². The number of benzene rings is 2. The van der Waals surface area contributed by atoms with Crippen LogP contribution in [0.1, 0.15) is 11.4 Å². The number of halogens is 3. The Labute approximate surface area is 177 Å². The van der Waals surface area contributed by atoms with Crippen molar-refractivity contribution in [2.24, 2.45) is 0 Å². The van der Waals surface area contributed by atoms with Crippen molar-refractivity contribution in [2.45, 2.75) is 13.5 Å². The molecule has 0 atom stereocenters. The molecule has 2 aromatic carbocycles. The molecule has 0 saturated heterocycles. The van der Waals surface area contributed by atoms with Crippen molar-refractivity contribution in [1.82, 2.24) is 15.1 Å². The van der Waals surface area contributed by atoms with Crippen molar-refractivity contribution >= 4 is 59.3 Å². The summed E-state index contributed by atoms with van der Waals surface area (Å²) in [5.74, 6) is 0. The van der Waals surface area contributed by atoms with E-state index in [0.717, 1.165) is 21.4 Å². The monoisotopic (exact) mass is 440 g/mol. The van der Waals surface area contributed by atoms with Crippen molar-refractivity contribution in [2.75, 3.05) is 4.31 Å². The summed E-state index contributed by atoms with van der Waals surface area (Å²) >= 11 is 22.3. The van der Waals surface area contributed by atoms with E-state index in [-0.39, 0.29) is 11.6 Å². The molecule has 2 amide bonds. The number of hydrogen-bond donors (Lipinski definition) is 2. The zero-order valence-corrected chi connectivity index (χ0v) is 17.3. The average Bonchev–Trinajstić information content (AvgIpc) is 3.02. The number of aromatic nitrogens is 2. The highest BCUT2D eigenvalue weighted by Crippen LogP contribution is 2.33. The molecule has 0 aliphatic rings. The molecule has 0 bridgehead atoms. The van der Waals surface area contributed by atoms with Crippen LogP contribution in [0.3, 0.4) is 0 Å². The van der Waals surface area contributed by atoms with Crippen LogP contribution < -0.4 is 9.62 Å². The number of urea groups is 1. The Morgan fingerprint density at radius 2 is 1.89 bits per heavy atom. The van der Waals surface area contributed by atoms with Crippen molar-refractivity contribution in [3.05, 3.63) is 75.0 Å². The number of carbonyl (C=O) groups excluding carboxylic acids is 1. The smallest absolute Gasteiger partial charge is 0.331 e. The lowest BCUT2D eigenvalue weighted by molar-refractivity contribution is 0.249. The molecule has 3 rings (SSSR count). The van der Waals surface area contributed by atoms with Crippen LogP contribution in [-0.4, -0.2) is 15.8 Å². The van der Waals surface area contributed by atoms with Crippen molar-refractivity contribution < 1.29 is 4.79 Å². The summed E-state index contributed by atoms with van der Waals surface area (Å²) in [5, 5.41) is 8.51. The number of thiol groups is 1. The van der Waals surface area contributed by atoms with Crippen LogP contribution in [0.25, 0.3) is 5.69 Å². The van der Waals surface area contributed by atoms with Gasteiger partial charge in [-0.15, -0.1) is 0 Å². The highest BCUT2D eigenvalue weighted by atomic mass is 35.5. The molecule has 1 aromatic heterocycles. The van der Waals surface area contributed by atoms with Gasteiger partial charge in [0.1, 0.15) is 0 Å². The Morgan fingerprint density at radius 3 is 2.59 bits per heavy atom. The first-order chi connectivity index (χ1) is 12.9. The predicted octanol–water partition coefficient (Wildman–Crippen LogP) is 5.70. The Hall–Kier alpha value is -1.86. The third-order valence-electron chi connectivity index (χ3n) is 3.75. The Balaban J connectivity index is 1.76. The van der Waals surface area contributed by atoms with Gasteiger partial charge in [-0.05, 0) is 49.4 Å². The Kier molecular flexibility index (Phi) is 6.22. The molecule has 9 heteroatoms. The highest BCUT2D eigenvalue weighted by molar-refractivity contribution is 7.82. The van der Waals surface area contributed by atoms with Gasteiger partial charge in [0.15, 0.2) is 0 Å². The minimum atomic E-state index is -0.441. The fraction of sp³-hybridized carbons (Fsp3) is 0.111. The summed E-state index contributed by atoms with van der Waals surface area (Å²) in [4.78, 5) is 12.5. The first-order valence-corrected chi connectivity index (χ1v) is 9.42. The lowest BCUT2D eigenvalue weighted by Crippen LogP contribution is -2.34. The van der Waals surface area contributed by atoms with Gasteiger partial charge in [-0.25, -0.2) is 13.8 Å². The maximum atomic E-state index is 12.5. The van der Waals surface area contributed by atoms with Crippen LogP contribution in [0.15, 0.2) is 48.5 Å². The fourth-order valence-electron chi connectivity index (χ4n) is 2.49. The number of rotatable bonds is 4. The number of carbonyl (C=O) groups is 1. The lowest BCUT2D eigenvalue weighted by atomic mass is 10.3. The van der Waals surface area contributed by atoms with Gasteiger partial charge >= 0.3 is 6.03 Å². The maximum absolute atomic E-state index is 12.5. The second-order valence-electron chi connectivity index (χ2n) is 5.71. The summed E-state index contributed by atoms with van der Waals surface area (Å²) in [5.41, 5.74) is 2.88. The van der Waals surface area contributed by atoms with Crippen LogP contribution >= 0.6 is 47.6 Å². The zero-order valence-electron chi connectivity index (χ0n) is 14.2. The van der Waals surface area contributed by atoms with Crippen LogP contribution in [0.5, 0.6) is 0 Å². The molecule has 1 heterocycles. The van der Waals surface area contributed by atoms with Crippen molar-refractivity contribution in [1.29, 1.82) is 0 Å². The summed E-state index contributed by atoms with van der Waals surface area (Å²) in [6.45, 7) is 2.13. The zero-order chi connectivity index (χ0) is 19.6. The van der Waals surface area contributed by atoms with Crippen LogP contribution in [0.2, 0.25) is 15.1 Å². The van der Waals surface area contributed by atoms with E-state index in [2.05, 4.69) is 23.2 Å². The second kappa shape index (κ2) is 8.44. The standard InChI is InChI=1S/C18H15Cl3N4OS/c1-11-9-14(24(23-11)13-7-5-12(19)6-8-13)10-22-18(26)25(27)16-4-2-3-15(20)17(16)21/h2-9,27H,10H2,1H3,(H,22,26). The van der Waals surface area contributed by atoms with Gasteiger partial charge in [-0.2, -0.15) is 5.10 Å². The van der Waals surface area contributed by atoms with Gasteiger partial charge in [0, 0.05) is 5.02 Å². The fourth-order valence-corrected chi connectivity index (χ4v) is 3.29. The molecule has 0 spiro atoms. The summed E-state index contributed by atoms with van der Waals surface area (Å²) < 4.78 is 2.87. The molecular weight excluding hydrogens is 427 g/mol. The quantitative estimate of drug-likeness (QED) is 0.510. The van der Waals surface area contributed by atoms with Crippen molar-refractivity contribution in [3.63, 3.8) is 0 Å². The lowest BCUT2D eigenvalue weighted by Gasteiger charge is -2.18. The number of nitrogens with one attached hydrogen (secondary N) is 1. The number of hydrogen-bond acceptors (Lipinski definition) is 3. The Bertz CT molecular complexity index is 975. The minimum Gasteiger partial charge on any atom is -0.331 e. The summed E-state index contributed by atoms with van der Waals surface area (Å²) in [7, 11) is 0. The second-order valence-corrected chi connectivity index (χ2v) is 7.33. The molecule has 0 radical (unpaired) electrons. The molecule has 1 N–H and O–H groups in total. The molecular formula is C18H15Cl3N4OS.